The van der Waals surface area contributed by atoms with Gasteiger partial charge in [0.1, 0.15) is 23.5 Å². The molecule has 0 saturated carbocycles. The molecule has 8 heteroatoms. The summed E-state index contributed by atoms with van der Waals surface area (Å²) in [4.78, 5) is 19.6. The number of hydrogen-bond donors (Lipinski definition) is 0. The average Bonchev–Trinajstić information content (AvgIpc) is 3.18. The van der Waals surface area contributed by atoms with Crippen molar-refractivity contribution in [3.8, 4) is 5.75 Å². The number of aryl methyl sites for hydroxylation is 2. The summed E-state index contributed by atoms with van der Waals surface area (Å²) in [5, 5.41) is 6.24. The lowest BCUT2D eigenvalue weighted by atomic mass is 9.97. The van der Waals surface area contributed by atoms with Crippen LogP contribution in [-0.4, -0.2) is 15.9 Å². The van der Waals surface area contributed by atoms with Gasteiger partial charge in [-0.15, -0.1) is 11.3 Å². The molecule has 2 aromatic heterocycles. The smallest absolute Gasteiger partial charge is 0.282 e. The lowest BCUT2D eigenvalue weighted by Crippen LogP contribution is -2.18. The number of thiophene rings is 1. The highest BCUT2D eigenvalue weighted by molar-refractivity contribution is 7.18. The van der Waals surface area contributed by atoms with Gasteiger partial charge in [0.2, 0.25) is 0 Å². The minimum atomic E-state index is -0.115. The van der Waals surface area contributed by atoms with Crippen molar-refractivity contribution in [3.05, 3.63) is 90.8 Å². The molecule has 0 fully saturated rings. The summed E-state index contributed by atoms with van der Waals surface area (Å²) < 4.78 is 7.18. The number of fused-ring (bicyclic) bond motifs is 3. The van der Waals surface area contributed by atoms with E-state index in [2.05, 4.69) is 10.1 Å². The monoisotopic (exact) mass is 483 g/mol. The second-order valence-corrected chi connectivity index (χ2v) is 9.55. The van der Waals surface area contributed by atoms with E-state index in [0.29, 0.717) is 22.4 Å². The molecule has 0 saturated heterocycles. The molecule has 2 aromatic carbocycles. The number of ether oxygens (including phenoxy) is 1. The molecule has 1 aliphatic rings. The number of benzene rings is 2. The molecule has 0 N–H and O–H groups in total. The van der Waals surface area contributed by atoms with E-state index in [1.807, 2.05) is 30.3 Å². The predicted molar refractivity (Wildman–Crippen MR) is 131 cm³/mol. The Hall–Kier alpha value is -2.67. The van der Waals surface area contributed by atoms with Crippen molar-refractivity contribution in [1.82, 2.24) is 9.66 Å². The van der Waals surface area contributed by atoms with Gasteiger partial charge in [-0.25, -0.2) is 4.98 Å². The first-order valence-electron chi connectivity index (χ1n) is 10.3. The molecule has 0 aliphatic heterocycles. The molecule has 5 nitrogen and oxygen atoms in total. The molecular weight excluding hydrogens is 465 g/mol. The van der Waals surface area contributed by atoms with Gasteiger partial charge in [0, 0.05) is 20.5 Å². The van der Waals surface area contributed by atoms with Crippen molar-refractivity contribution in [1.29, 1.82) is 0 Å². The van der Waals surface area contributed by atoms with Crippen molar-refractivity contribution in [3.63, 3.8) is 0 Å². The second-order valence-electron chi connectivity index (χ2n) is 7.63. The number of halogens is 2. The minimum absolute atomic E-state index is 0.115. The fraction of sp³-hybridized carbons (Fsp3) is 0.208. The fourth-order valence-corrected chi connectivity index (χ4v) is 5.52. The maximum atomic E-state index is 13.0. The van der Waals surface area contributed by atoms with Gasteiger partial charge in [-0.2, -0.15) is 9.78 Å². The topological polar surface area (TPSA) is 56.5 Å². The first kappa shape index (κ1) is 21.2. The molecule has 32 heavy (non-hydrogen) atoms. The Balaban J connectivity index is 1.36. The zero-order valence-corrected chi connectivity index (χ0v) is 19.4. The lowest BCUT2D eigenvalue weighted by molar-refractivity contribution is 0.306. The third-order valence-electron chi connectivity index (χ3n) is 5.46. The molecule has 162 valence electrons. The molecular formula is C24H19Cl2N3O2S. The Morgan fingerprint density at radius 2 is 2.03 bits per heavy atom. The predicted octanol–water partition coefficient (Wildman–Crippen LogP) is 6.10. The van der Waals surface area contributed by atoms with Crippen molar-refractivity contribution in [2.24, 2.45) is 5.10 Å². The Bertz CT molecular complexity index is 1390. The van der Waals surface area contributed by atoms with Crippen LogP contribution in [0.2, 0.25) is 10.0 Å². The molecule has 4 aromatic rings. The van der Waals surface area contributed by atoms with E-state index >= 15 is 0 Å². The summed E-state index contributed by atoms with van der Waals surface area (Å²) in [6.07, 6.45) is 7.39. The molecule has 0 radical (unpaired) electrons. The Morgan fingerprint density at radius 3 is 2.91 bits per heavy atom. The van der Waals surface area contributed by atoms with E-state index in [-0.39, 0.29) is 5.56 Å². The third-order valence-corrected chi connectivity index (χ3v) is 7.24. The van der Waals surface area contributed by atoms with E-state index in [9.17, 15) is 4.79 Å². The summed E-state index contributed by atoms with van der Waals surface area (Å²) in [5.41, 5.74) is 2.70. The summed E-state index contributed by atoms with van der Waals surface area (Å²) >= 11 is 13.8. The van der Waals surface area contributed by atoms with E-state index in [4.69, 9.17) is 27.9 Å². The van der Waals surface area contributed by atoms with E-state index in [1.165, 1.54) is 22.3 Å². The van der Waals surface area contributed by atoms with Crippen molar-refractivity contribution < 1.29 is 4.74 Å². The van der Waals surface area contributed by atoms with Crippen LogP contribution in [0, 0.1) is 0 Å². The molecule has 1 aliphatic carbocycles. The van der Waals surface area contributed by atoms with E-state index in [1.54, 1.807) is 29.7 Å². The van der Waals surface area contributed by atoms with Gasteiger partial charge in [-0.3, -0.25) is 4.79 Å². The standard InChI is InChI=1S/C24H19Cl2N3O2S/c25-17-9-8-16(20(26)11-17)13-31-18-5-3-4-15(10-18)12-28-29-14-27-23-22(24(29)30)19-6-1-2-7-21(19)32-23/h3-5,8-12,14H,1-2,6-7,13H2/b28-12-. The highest BCUT2D eigenvalue weighted by Crippen LogP contribution is 2.33. The zero-order valence-electron chi connectivity index (χ0n) is 17.1. The highest BCUT2D eigenvalue weighted by Gasteiger charge is 2.19. The van der Waals surface area contributed by atoms with Gasteiger partial charge < -0.3 is 4.74 Å². The maximum Gasteiger partial charge on any atom is 0.282 e. The number of aromatic nitrogens is 2. The van der Waals surface area contributed by atoms with Crippen LogP contribution in [0.25, 0.3) is 10.2 Å². The quantitative estimate of drug-likeness (QED) is 0.322. The summed E-state index contributed by atoms with van der Waals surface area (Å²) in [5.74, 6) is 0.674. The molecule has 0 amide bonds. The maximum absolute atomic E-state index is 13.0. The summed E-state index contributed by atoms with van der Waals surface area (Å²) in [7, 11) is 0. The van der Waals surface area contributed by atoms with Gasteiger partial charge in [-0.1, -0.05) is 41.4 Å². The number of rotatable bonds is 5. The van der Waals surface area contributed by atoms with Gasteiger partial charge >= 0.3 is 0 Å². The molecule has 5 rings (SSSR count). The van der Waals surface area contributed by atoms with Crippen molar-refractivity contribution in [2.45, 2.75) is 32.3 Å². The molecule has 0 atom stereocenters. The van der Waals surface area contributed by atoms with Crippen LogP contribution in [0.1, 0.15) is 34.4 Å². The van der Waals surface area contributed by atoms with Crippen LogP contribution >= 0.6 is 34.5 Å². The van der Waals surface area contributed by atoms with Crippen LogP contribution in [0.5, 0.6) is 5.75 Å². The van der Waals surface area contributed by atoms with Gasteiger partial charge in [-0.05, 0) is 61.1 Å². The van der Waals surface area contributed by atoms with Gasteiger partial charge in [0.15, 0.2) is 0 Å². The Morgan fingerprint density at radius 1 is 1.16 bits per heavy atom. The third kappa shape index (κ3) is 4.31. The normalized spacial score (nSPS) is 13.6. The summed E-state index contributed by atoms with van der Waals surface area (Å²) in [6.45, 7) is 0.319. The van der Waals surface area contributed by atoms with Crippen LogP contribution in [0.3, 0.4) is 0 Å². The first-order chi connectivity index (χ1) is 15.6. The van der Waals surface area contributed by atoms with Gasteiger partial charge in [0.05, 0.1) is 11.6 Å². The van der Waals surface area contributed by atoms with Crippen LogP contribution in [-0.2, 0) is 19.4 Å². The van der Waals surface area contributed by atoms with Crippen molar-refractivity contribution in [2.75, 3.05) is 0 Å². The Kier molecular flexibility index (Phi) is 6.00. The average molecular weight is 484 g/mol. The van der Waals surface area contributed by atoms with Crippen LogP contribution in [0.4, 0.5) is 0 Å². The second kappa shape index (κ2) is 9.06. The molecule has 0 bridgehead atoms. The fourth-order valence-electron chi connectivity index (χ4n) is 3.83. The first-order valence-corrected chi connectivity index (χ1v) is 11.9. The van der Waals surface area contributed by atoms with Gasteiger partial charge in [0.25, 0.3) is 5.56 Å². The van der Waals surface area contributed by atoms with E-state index < -0.39 is 0 Å². The zero-order chi connectivity index (χ0) is 22.1. The SMILES string of the molecule is O=c1c2c3c(sc2ncn1/N=C\c1cccc(OCc2ccc(Cl)cc2Cl)c1)CCCC3. The van der Waals surface area contributed by atoms with Crippen LogP contribution < -0.4 is 10.3 Å². The largest absolute Gasteiger partial charge is 0.489 e. The van der Waals surface area contributed by atoms with Crippen LogP contribution in [0.15, 0.2) is 58.7 Å². The minimum Gasteiger partial charge on any atom is -0.489 e. The van der Waals surface area contributed by atoms with E-state index in [0.717, 1.165) is 46.2 Å². The molecule has 0 unspecified atom stereocenters. The van der Waals surface area contributed by atoms with Crippen molar-refractivity contribution >= 4 is 51.0 Å². The number of hydrogen-bond acceptors (Lipinski definition) is 5. The number of nitrogens with zero attached hydrogens (tertiary/aromatic N) is 3. The molecule has 0 spiro atoms. The lowest BCUT2D eigenvalue weighted by Gasteiger charge is -2.09. The Labute approximate surface area is 198 Å². The molecule has 2 heterocycles. The summed E-state index contributed by atoms with van der Waals surface area (Å²) in [6, 6.07) is 12.8. The highest BCUT2D eigenvalue weighted by atomic mass is 35.5.